The Balaban J connectivity index is 2.13. The zero-order valence-electron chi connectivity index (χ0n) is 11.1. The van der Waals surface area contributed by atoms with Crippen molar-refractivity contribution in [3.63, 3.8) is 0 Å². The molecule has 1 aromatic heterocycles. The van der Waals surface area contributed by atoms with Gasteiger partial charge in [0.05, 0.1) is 11.1 Å². The number of aliphatic hydroxyl groups is 1. The molecular formula is C13H17N3O3S. The third-order valence-corrected chi connectivity index (χ3v) is 4.54. The number of aliphatic hydroxyl groups excluding tert-OH is 1. The van der Waals surface area contributed by atoms with Gasteiger partial charge in [-0.05, 0) is 31.0 Å². The fourth-order valence-corrected chi connectivity index (χ4v) is 3.06. The van der Waals surface area contributed by atoms with Gasteiger partial charge in [-0.2, -0.15) is 5.10 Å². The first-order valence-corrected chi connectivity index (χ1v) is 7.72. The minimum atomic E-state index is -3.57. The van der Waals surface area contributed by atoms with Crippen LogP contribution in [-0.4, -0.2) is 30.3 Å². The van der Waals surface area contributed by atoms with Gasteiger partial charge in [0.25, 0.3) is 0 Å². The third kappa shape index (κ3) is 3.44. The average molecular weight is 295 g/mol. The Bertz CT molecular complexity index is 636. The topological polar surface area (TPSA) is 95.1 Å². The molecular weight excluding hydrogens is 278 g/mol. The van der Waals surface area contributed by atoms with E-state index in [1.165, 1.54) is 12.1 Å². The normalized spacial score (nSPS) is 13.3. The predicted molar refractivity (Wildman–Crippen MR) is 74.6 cm³/mol. The van der Waals surface area contributed by atoms with Crippen molar-refractivity contribution in [2.75, 3.05) is 6.61 Å². The van der Waals surface area contributed by atoms with E-state index >= 15 is 0 Å². The van der Waals surface area contributed by atoms with E-state index in [2.05, 4.69) is 14.9 Å². The van der Waals surface area contributed by atoms with Crippen molar-refractivity contribution in [3.05, 3.63) is 47.8 Å². The number of aromatic amines is 1. The molecule has 1 unspecified atom stereocenters. The highest BCUT2D eigenvalue weighted by Gasteiger charge is 2.18. The molecule has 6 nitrogen and oxygen atoms in total. The molecule has 0 spiro atoms. The van der Waals surface area contributed by atoms with Crippen molar-refractivity contribution in [2.24, 2.45) is 0 Å². The van der Waals surface area contributed by atoms with Crippen molar-refractivity contribution in [1.82, 2.24) is 14.9 Å². The van der Waals surface area contributed by atoms with Crippen LogP contribution in [0.15, 0.2) is 41.6 Å². The van der Waals surface area contributed by atoms with Crippen LogP contribution >= 0.6 is 0 Å². The first-order valence-electron chi connectivity index (χ1n) is 6.24. The summed E-state index contributed by atoms with van der Waals surface area (Å²) in [7, 11) is -3.57. The lowest BCUT2D eigenvalue weighted by Crippen LogP contribution is -2.26. The Morgan fingerprint density at radius 3 is 2.60 bits per heavy atom. The molecule has 0 saturated carbocycles. The van der Waals surface area contributed by atoms with Crippen LogP contribution in [0.3, 0.4) is 0 Å². The van der Waals surface area contributed by atoms with Crippen molar-refractivity contribution in [1.29, 1.82) is 0 Å². The van der Waals surface area contributed by atoms with E-state index in [1.807, 2.05) is 0 Å². The number of rotatable bonds is 6. The minimum absolute atomic E-state index is 0.0435. The van der Waals surface area contributed by atoms with E-state index < -0.39 is 10.0 Å². The highest BCUT2D eigenvalue weighted by molar-refractivity contribution is 7.89. The molecule has 2 aromatic rings. The SMILES string of the molecule is CC(NS(=O)(=O)c1ccc(CCO)cc1)c1cn[nH]c1. The van der Waals surface area contributed by atoms with Crippen LogP contribution in [0.25, 0.3) is 0 Å². The Labute approximate surface area is 117 Å². The summed E-state index contributed by atoms with van der Waals surface area (Å²) in [5, 5.41) is 15.3. The molecule has 20 heavy (non-hydrogen) atoms. The number of nitrogens with zero attached hydrogens (tertiary/aromatic N) is 1. The van der Waals surface area contributed by atoms with Crippen LogP contribution in [0.5, 0.6) is 0 Å². The summed E-state index contributed by atoms with van der Waals surface area (Å²) in [5.41, 5.74) is 1.67. The average Bonchev–Trinajstić information content (AvgIpc) is 2.93. The monoisotopic (exact) mass is 295 g/mol. The van der Waals surface area contributed by atoms with E-state index in [4.69, 9.17) is 5.11 Å². The standard InChI is InChI=1S/C13H17N3O3S/c1-10(12-8-14-15-9-12)16-20(18,19)13-4-2-11(3-5-13)6-7-17/h2-5,8-10,16-17H,6-7H2,1H3,(H,14,15). The Morgan fingerprint density at radius 1 is 1.35 bits per heavy atom. The van der Waals surface area contributed by atoms with Gasteiger partial charge in [0.2, 0.25) is 10.0 Å². The highest BCUT2D eigenvalue weighted by Crippen LogP contribution is 2.16. The molecule has 108 valence electrons. The van der Waals surface area contributed by atoms with E-state index in [0.717, 1.165) is 11.1 Å². The molecule has 0 aliphatic heterocycles. The van der Waals surface area contributed by atoms with Crippen LogP contribution in [-0.2, 0) is 16.4 Å². The number of benzene rings is 1. The molecule has 0 amide bonds. The third-order valence-electron chi connectivity index (χ3n) is 2.99. The molecule has 2 rings (SSSR count). The summed E-state index contributed by atoms with van der Waals surface area (Å²) < 4.78 is 27.0. The lowest BCUT2D eigenvalue weighted by atomic mass is 10.2. The number of sulfonamides is 1. The van der Waals surface area contributed by atoms with Crippen molar-refractivity contribution < 1.29 is 13.5 Å². The van der Waals surface area contributed by atoms with Crippen molar-refractivity contribution in [3.8, 4) is 0 Å². The van der Waals surface area contributed by atoms with Gasteiger partial charge in [0.15, 0.2) is 0 Å². The largest absolute Gasteiger partial charge is 0.396 e. The zero-order chi connectivity index (χ0) is 14.6. The second-order valence-corrected chi connectivity index (χ2v) is 6.21. The molecule has 1 atom stereocenters. The summed E-state index contributed by atoms with van der Waals surface area (Å²) in [4.78, 5) is 0.203. The smallest absolute Gasteiger partial charge is 0.241 e. The first kappa shape index (κ1) is 14.7. The maximum Gasteiger partial charge on any atom is 0.241 e. The quantitative estimate of drug-likeness (QED) is 0.740. The number of aromatic nitrogens is 2. The molecule has 0 saturated heterocycles. The van der Waals surface area contributed by atoms with E-state index in [1.54, 1.807) is 31.5 Å². The van der Waals surface area contributed by atoms with Crippen LogP contribution in [0.4, 0.5) is 0 Å². The Hall–Kier alpha value is -1.70. The Morgan fingerprint density at radius 2 is 2.05 bits per heavy atom. The van der Waals surface area contributed by atoms with Crippen molar-refractivity contribution in [2.45, 2.75) is 24.3 Å². The summed E-state index contributed by atoms with van der Waals surface area (Å²) in [5.74, 6) is 0. The number of hydrogen-bond acceptors (Lipinski definition) is 4. The Kier molecular flexibility index (Phi) is 4.53. The second-order valence-electron chi connectivity index (χ2n) is 4.49. The van der Waals surface area contributed by atoms with Crippen LogP contribution in [0.2, 0.25) is 0 Å². The van der Waals surface area contributed by atoms with E-state index in [9.17, 15) is 8.42 Å². The molecule has 3 N–H and O–H groups in total. The van der Waals surface area contributed by atoms with Gasteiger partial charge in [-0.15, -0.1) is 0 Å². The van der Waals surface area contributed by atoms with Gasteiger partial charge in [-0.1, -0.05) is 12.1 Å². The van der Waals surface area contributed by atoms with Gasteiger partial charge < -0.3 is 5.11 Å². The van der Waals surface area contributed by atoms with Crippen LogP contribution in [0.1, 0.15) is 24.1 Å². The zero-order valence-corrected chi connectivity index (χ0v) is 11.9. The van der Waals surface area contributed by atoms with Gasteiger partial charge in [0, 0.05) is 24.4 Å². The first-order chi connectivity index (χ1) is 9.53. The summed E-state index contributed by atoms with van der Waals surface area (Å²) in [6, 6.07) is 6.11. The maximum absolute atomic E-state index is 12.2. The maximum atomic E-state index is 12.2. The molecule has 7 heteroatoms. The van der Waals surface area contributed by atoms with Gasteiger partial charge in [-0.25, -0.2) is 13.1 Å². The second kappa shape index (κ2) is 6.17. The molecule has 0 bridgehead atoms. The summed E-state index contributed by atoms with van der Waals surface area (Å²) in [6.45, 7) is 1.80. The number of hydrogen-bond donors (Lipinski definition) is 3. The summed E-state index contributed by atoms with van der Waals surface area (Å²) >= 11 is 0. The molecule has 0 aliphatic rings. The highest BCUT2D eigenvalue weighted by atomic mass is 32.2. The van der Waals surface area contributed by atoms with Crippen LogP contribution < -0.4 is 4.72 Å². The van der Waals surface area contributed by atoms with Crippen molar-refractivity contribution >= 4 is 10.0 Å². The number of H-pyrrole nitrogens is 1. The minimum Gasteiger partial charge on any atom is -0.396 e. The predicted octanol–water partition coefficient (Wildman–Crippen LogP) is 0.984. The van der Waals surface area contributed by atoms with Gasteiger partial charge in [-0.3, -0.25) is 5.10 Å². The van der Waals surface area contributed by atoms with E-state index in [-0.39, 0.29) is 17.5 Å². The molecule has 1 aromatic carbocycles. The van der Waals surface area contributed by atoms with Gasteiger partial charge in [0.1, 0.15) is 0 Å². The fraction of sp³-hybridized carbons (Fsp3) is 0.308. The fourth-order valence-electron chi connectivity index (χ4n) is 1.83. The number of nitrogens with one attached hydrogen (secondary N) is 2. The molecule has 0 aliphatic carbocycles. The lowest BCUT2D eigenvalue weighted by molar-refractivity contribution is 0.299. The van der Waals surface area contributed by atoms with Gasteiger partial charge >= 0.3 is 0 Å². The molecule has 1 heterocycles. The van der Waals surface area contributed by atoms with E-state index in [0.29, 0.717) is 6.42 Å². The lowest BCUT2D eigenvalue weighted by Gasteiger charge is -2.13. The molecule has 0 radical (unpaired) electrons. The summed E-state index contributed by atoms with van der Waals surface area (Å²) in [6.07, 6.45) is 3.74. The van der Waals surface area contributed by atoms with Crippen LogP contribution in [0, 0.1) is 0 Å². The molecule has 0 fully saturated rings.